The lowest BCUT2D eigenvalue weighted by atomic mass is 10.4. The van der Waals surface area contributed by atoms with Crippen LogP contribution in [0.2, 0.25) is 0 Å². The molecule has 0 saturated carbocycles. The van der Waals surface area contributed by atoms with Crippen LogP contribution in [-0.4, -0.2) is 52.9 Å². The first-order valence-corrected chi connectivity index (χ1v) is 8.36. The van der Waals surface area contributed by atoms with Gasteiger partial charge in [-0.05, 0) is 6.07 Å². The Hall–Kier alpha value is -2.79. The number of hydrogen-bond donors (Lipinski definition) is 2. The van der Waals surface area contributed by atoms with Crippen molar-refractivity contribution in [2.75, 3.05) is 31.2 Å². The van der Waals surface area contributed by atoms with Crippen LogP contribution in [0.4, 0.5) is 5.13 Å². The molecule has 1 fully saturated rings. The Labute approximate surface area is 146 Å². The number of rotatable bonds is 3. The van der Waals surface area contributed by atoms with Crippen LogP contribution in [0, 0.1) is 0 Å². The lowest BCUT2D eigenvalue weighted by molar-refractivity contribution is 0.0840. The van der Waals surface area contributed by atoms with Crippen LogP contribution >= 0.6 is 11.3 Å². The van der Waals surface area contributed by atoms with Gasteiger partial charge in [0.2, 0.25) is 0 Å². The summed E-state index contributed by atoms with van der Waals surface area (Å²) >= 11 is 1.35. The highest BCUT2D eigenvalue weighted by Gasteiger charge is 2.18. The number of thiazole rings is 1. The van der Waals surface area contributed by atoms with E-state index in [0.717, 1.165) is 22.9 Å². The standard InChI is InChI=1S/C14H16N6O4S/c1-19-11(21)3-2-9(18-19)12(22)16-17-13(23)10-8-25-14(15-10)20-4-6-24-7-5-20/h2-3,8H,4-7H2,1H3,(H,16,22)(H,17,23). The number of ether oxygens (including phenoxy) is 1. The first-order chi connectivity index (χ1) is 12.0. The molecular weight excluding hydrogens is 348 g/mol. The van der Waals surface area contributed by atoms with Crippen molar-refractivity contribution in [1.29, 1.82) is 0 Å². The van der Waals surface area contributed by atoms with Gasteiger partial charge in [-0.3, -0.25) is 25.2 Å². The molecule has 0 radical (unpaired) electrons. The second-order valence-corrected chi connectivity index (χ2v) is 6.04. The van der Waals surface area contributed by atoms with E-state index >= 15 is 0 Å². The molecule has 0 unspecified atom stereocenters. The van der Waals surface area contributed by atoms with Crippen LogP contribution in [0.1, 0.15) is 21.0 Å². The SMILES string of the molecule is Cn1nc(C(=O)NNC(=O)c2csc(N3CCOCC3)n2)ccc1=O. The van der Waals surface area contributed by atoms with Crippen molar-refractivity contribution in [3.05, 3.63) is 39.3 Å². The second-order valence-electron chi connectivity index (χ2n) is 5.20. The van der Waals surface area contributed by atoms with Crippen molar-refractivity contribution in [3.8, 4) is 0 Å². The lowest BCUT2D eigenvalue weighted by Crippen LogP contribution is -2.42. The molecule has 1 aliphatic heterocycles. The van der Waals surface area contributed by atoms with Gasteiger partial charge in [-0.25, -0.2) is 9.67 Å². The molecule has 0 aromatic carbocycles. The third-order valence-corrected chi connectivity index (χ3v) is 4.39. The monoisotopic (exact) mass is 364 g/mol. The third-order valence-electron chi connectivity index (χ3n) is 3.49. The van der Waals surface area contributed by atoms with Crippen LogP contribution in [0.3, 0.4) is 0 Å². The van der Waals surface area contributed by atoms with Gasteiger partial charge in [0.05, 0.1) is 13.2 Å². The summed E-state index contributed by atoms with van der Waals surface area (Å²) in [5.74, 6) is -1.17. The molecule has 2 amide bonds. The number of amides is 2. The summed E-state index contributed by atoms with van der Waals surface area (Å²) in [5, 5.41) is 6.15. The molecule has 11 heteroatoms. The van der Waals surface area contributed by atoms with Crippen molar-refractivity contribution in [2.45, 2.75) is 0 Å². The predicted octanol–water partition coefficient (Wildman–Crippen LogP) is -0.852. The van der Waals surface area contributed by atoms with Gasteiger partial charge in [0.15, 0.2) is 10.8 Å². The smallest absolute Gasteiger partial charge is 0.290 e. The van der Waals surface area contributed by atoms with E-state index < -0.39 is 11.8 Å². The number of carbonyl (C=O) groups excluding carboxylic acids is 2. The zero-order valence-corrected chi connectivity index (χ0v) is 14.2. The van der Waals surface area contributed by atoms with E-state index in [-0.39, 0.29) is 16.9 Å². The molecule has 2 N–H and O–H groups in total. The molecule has 0 aliphatic carbocycles. The summed E-state index contributed by atoms with van der Waals surface area (Å²) in [7, 11) is 1.43. The summed E-state index contributed by atoms with van der Waals surface area (Å²) in [6, 6.07) is 2.50. The number of aromatic nitrogens is 3. The van der Waals surface area contributed by atoms with Gasteiger partial charge in [-0.15, -0.1) is 11.3 Å². The Morgan fingerprint density at radius 1 is 1.16 bits per heavy atom. The summed E-state index contributed by atoms with van der Waals surface area (Å²) < 4.78 is 6.31. The predicted molar refractivity (Wildman–Crippen MR) is 89.6 cm³/mol. The summed E-state index contributed by atoms with van der Waals surface area (Å²) in [4.78, 5) is 41.6. The highest BCUT2D eigenvalue weighted by atomic mass is 32.1. The van der Waals surface area contributed by atoms with Crippen molar-refractivity contribution in [2.24, 2.45) is 7.05 Å². The minimum absolute atomic E-state index is 0.00897. The fourth-order valence-corrected chi connectivity index (χ4v) is 2.99. The number of aryl methyl sites for hydroxylation is 1. The minimum Gasteiger partial charge on any atom is -0.378 e. The largest absolute Gasteiger partial charge is 0.378 e. The Bertz CT molecular complexity index is 842. The molecule has 0 spiro atoms. The van der Waals surface area contributed by atoms with Gasteiger partial charge >= 0.3 is 0 Å². The number of nitrogens with zero attached hydrogens (tertiary/aromatic N) is 4. The van der Waals surface area contributed by atoms with E-state index in [0.29, 0.717) is 13.2 Å². The van der Waals surface area contributed by atoms with E-state index in [2.05, 4.69) is 20.9 Å². The fraction of sp³-hybridized carbons (Fsp3) is 0.357. The highest BCUT2D eigenvalue weighted by Crippen LogP contribution is 2.21. The average Bonchev–Trinajstić information content (AvgIpc) is 3.12. The molecular formula is C14H16N6O4S. The van der Waals surface area contributed by atoms with E-state index in [9.17, 15) is 14.4 Å². The van der Waals surface area contributed by atoms with Gasteiger partial charge in [0, 0.05) is 31.6 Å². The number of hydrogen-bond acceptors (Lipinski definition) is 8. The third kappa shape index (κ3) is 4.00. The maximum atomic E-state index is 12.1. The normalized spacial score (nSPS) is 14.2. The molecule has 2 aromatic rings. The number of anilines is 1. The molecule has 10 nitrogen and oxygen atoms in total. The van der Waals surface area contributed by atoms with Crippen LogP contribution in [0.25, 0.3) is 0 Å². The molecule has 0 bridgehead atoms. The Kier molecular flexibility index (Phi) is 5.05. The quantitative estimate of drug-likeness (QED) is 0.681. The Balaban J connectivity index is 1.58. The molecule has 1 saturated heterocycles. The minimum atomic E-state index is -0.632. The summed E-state index contributed by atoms with van der Waals surface area (Å²) in [5.41, 5.74) is 4.41. The molecule has 25 heavy (non-hydrogen) atoms. The van der Waals surface area contributed by atoms with Crippen LogP contribution in [0.15, 0.2) is 22.3 Å². The van der Waals surface area contributed by atoms with Crippen LogP contribution in [-0.2, 0) is 11.8 Å². The second kappa shape index (κ2) is 7.40. The molecule has 3 heterocycles. The Morgan fingerprint density at radius 3 is 2.52 bits per heavy atom. The van der Waals surface area contributed by atoms with Crippen molar-refractivity contribution < 1.29 is 14.3 Å². The van der Waals surface area contributed by atoms with Crippen LogP contribution < -0.4 is 21.3 Å². The van der Waals surface area contributed by atoms with Crippen LogP contribution in [0.5, 0.6) is 0 Å². The lowest BCUT2D eigenvalue weighted by Gasteiger charge is -2.25. The van der Waals surface area contributed by atoms with Gasteiger partial charge in [-0.1, -0.05) is 0 Å². The number of morpholine rings is 1. The van der Waals surface area contributed by atoms with Gasteiger partial charge in [0.1, 0.15) is 5.69 Å². The Morgan fingerprint density at radius 2 is 1.84 bits per heavy atom. The summed E-state index contributed by atoms with van der Waals surface area (Å²) in [6.45, 7) is 2.71. The van der Waals surface area contributed by atoms with Gasteiger partial charge in [0.25, 0.3) is 17.4 Å². The number of nitrogens with one attached hydrogen (secondary N) is 2. The summed E-state index contributed by atoms with van der Waals surface area (Å²) in [6.07, 6.45) is 0. The zero-order chi connectivity index (χ0) is 17.8. The van der Waals surface area contributed by atoms with E-state index in [1.165, 1.54) is 30.5 Å². The van der Waals surface area contributed by atoms with Gasteiger partial charge < -0.3 is 9.64 Å². The molecule has 2 aromatic heterocycles. The first-order valence-electron chi connectivity index (χ1n) is 7.48. The average molecular weight is 364 g/mol. The van der Waals surface area contributed by atoms with E-state index in [1.54, 1.807) is 5.38 Å². The van der Waals surface area contributed by atoms with Crippen molar-refractivity contribution >= 4 is 28.3 Å². The molecule has 0 atom stereocenters. The topological polar surface area (TPSA) is 118 Å². The number of carbonyl (C=O) groups is 2. The highest BCUT2D eigenvalue weighted by molar-refractivity contribution is 7.13. The molecule has 3 rings (SSSR count). The number of hydrazine groups is 1. The maximum absolute atomic E-state index is 12.1. The van der Waals surface area contributed by atoms with Crippen molar-refractivity contribution in [1.82, 2.24) is 25.6 Å². The van der Waals surface area contributed by atoms with E-state index in [1.807, 2.05) is 4.90 Å². The van der Waals surface area contributed by atoms with E-state index in [4.69, 9.17) is 4.74 Å². The zero-order valence-electron chi connectivity index (χ0n) is 13.4. The maximum Gasteiger partial charge on any atom is 0.290 e. The molecule has 1 aliphatic rings. The molecule has 132 valence electrons. The van der Waals surface area contributed by atoms with Gasteiger partial charge in [-0.2, -0.15) is 5.10 Å². The van der Waals surface area contributed by atoms with Crippen molar-refractivity contribution in [3.63, 3.8) is 0 Å². The fourth-order valence-electron chi connectivity index (χ4n) is 2.13. The first kappa shape index (κ1) is 17.0.